The highest BCUT2D eigenvalue weighted by Gasteiger charge is 2.32. The summed E-state index contributed by atoms with van der Waals surface area (Å²) in [6, 6.07) is 15.4. The number of ether oxygens (including phenoxy) is 1. The first-order valence-corrected chi connectivity index (χ1v) is 10.7. The van der Waals surface area contributed by atoms with Gasteiger partial charge in [0.15, 0.2) is 0 Å². The molecule has 6 heteroatoms. The van der Waals surface area contributed by atoms with Gasteiger partial charge >= 0.3 is 6.03 Å². The topological polar surface area (TPSA) is 70.7 Å². The Morgan fingerprint density at radius 2 is 1.93 bits per heavy atom. The number of benzene rings is 2. The number of amides is 3. The standard InChI is InChI=1S/C24H29N3O3/c1-17-8-10-21(11-9-17)26-24(29)25-14-18-5-4-12-27(15-18)23(28)20-13-19-6-2-3-7-22(19)30-16-20/h2-3,6-11,18,20H,4-5,12-16H2,1H3,(H2,25,26,29). The zero-order chi connectivity index (χ0) is 20.9. The second-order valence-corrected chi connectivity index (χ2v) is 8.31. The Balaban J connectivity index is 1.26. The molecule has 0 aromatic heterocycles. The first-order valence-electron chi connectivity index (χ1n) is 10.7. The number of anilines is 1. The van der Waals surface area contributed by atoms with Gasteiger partial charge in [-0.15, -0.1) is 0 Å². The number of carbonyl (C=O) groups excluding carboxylic acids is 2. The molecule has 2 aliphatic heterocycles. The Labute approximate surface area is 177 Å². The van der Waals surface area contributed by atoms with Crippen molar-refractivity contribution in [3.05, 3.63) is 59.7 Å². The Kier molecular flexibility index (Phi) is 6.21. The summed E-state index contributed by atoms with van der Waals surface area (Å²) in [4.78, 5) is 27.2. The van der Waals surface area contributed by atoms with Crippen LogP contribution in [0.25, 0.3) is 0 Å². The summed E-state index contributed by atoms with van der Waals surface area (Å²) < 4.78 is 5.80. The van der Waals surface area contributed by atoms with E-state index in [-0.39, 0.29) is 23.8 Å². The molecule has 0 radical (unpaired) electrons. The molecule has 158 valence electrons. The first-order chi connectivity index (χ1) is 14.6. The van der Waals surface area contributed by atoms with Crippen molar-refractivity contribution < 1.29 is 14.3 Å². The molecular formula is C24H29N3O3. The lowest BCUT2D eigenvalue weighted by Gasteiger charge is -2.36. The molecule has 2 aliphatic rings. The average molecular weight is 408 g/mol. The summed E-state index contributed by atoms with van der Waals surface area (Å²) in [6.45, 7) is 4.47. The summed E-state index contributed by atoms with van der Waals surface area (Å²) >= 11 is 0. The van der Waals surface area contributed by atoms with E-state index in [2.05, 4.69) is 10.6 Å². The molecule has 30 heavy (non-hydrogen) atoms. The number of rotatable bonds is 4. The zero-order valence-electron chi connectivity index (χ0n) is 17.4. The lowest BCUT2D eigenvalue weighted by Crippen LogP contribution is -2.48. The minimum atomic E-state index is -0.209. The Morgan fingerprint density at radius 1 is 1.13 bits per heavy atom. The maximum atomic E-state index is 13.1. The smallest absolute Gasteiger partial charge is 0.319 e. The molecule has 2 N–H and O–H groups in total. The molecular weight excluding hydrogens is 378 g/mol. The minimum Gasteiger partial charge on any atom is -0.492 e. The second-order valence-electron chi connectivity index (χ2n) is 8.31. The monoisotopic (exact) mass is 407 g/mol. The van der Waals surface area contributed by atoms with Crippen molar-refractivity contribution in [3.8, 4) is 5.75 Å². The van der Waals surface area contributed by atoms with E-state index in [0.29, 0.717) is 19.7 Å². The van der Waals surface area contributed by atoms with Gasteiger partial charge in [0, 0.05) is 25.3 Å². The van der Waals surface area contributed by atoms with Crippen LogP contribution in [-0.2, 0) is 11.2 Å². The number of nitrogens with one attached hydrogen (secondary N) is 2. The molecule has 6 nitrogen and oxygen atoms in total. The van der Waals surface area contributed by atoms with E-state index >= 15 is 0 Å². The number of nitrogens with zero attached hydrogens (tertiary/aromatic N) is 1. The molecule has 1 saturated heterocycles. The highest BCUT2D eigenvalue weighted by atomic mass is 16.5. The van der Waals surface area contributed by atoms with Crippen LogP contribution in [0.5, 0.6) is 5.75 Å². The van der Waals surface area contributed by atoms with Crippen LogP contribution in [0.3, 0.4) is 0 Å². The normalized spacial score (nSPS) is 20.6. The van der Waals surface area contributed by atoms with Crippen molar-refractivity contribution in [3.63, 3.8) is 0 Å². The molecule has 2 atom stereocenters. The molecule has 0 saturated carbocycles. The SMILES string of the molecule is Cc1ccc(NC(=O)NCC2CCCN(C(=O)C3COc4ccccc4C3)C2)cc1. The zero-order valence-corrected chi connectivity index (χ0v) is 17.4. The van der Waals surface area contributed by atoms with Crippen molar-refractivity contribution in [2.75, 3.05) is 31.6 Å². The van der Waals surface area contributed by atoms with Crippen molar-refractivity contribution >= 4 is 17.6 Å². The lowest BCUT2D eigenvalue weighted by atomic mass is 9.92. The number of fused-ring (bicyclic) bond motifs is 1. The predicted octanol–water partition coefficient (Wildman–Crippen LogP) is 3.61. The largest absolute Gasteiger partial charge is 0.492 e. The number of hydrogen-bond donors (Lipinski definition) is 2. The summed E-state index contributed by atoms with van der Waals surface area (Å²) in [5.74, 6) is 1.19. The maximum absolute atomic E-state index is 13.1. The quantitative estimate of drug-likeness (QED) is 0.813. The number of urea groups is 1. The van der Waals surface area contributed by atoms with Crippen LogP contribution < -0.4 is 15.4 Å². The lowest BCUT2D eigenvalue weighted by molar-refractivity contribution is -0.138. The fourth-order valence-corrected chi connectivity index (χ4v) is 4.23. The van der Waals surface area contributed by atoms with Crippen LogP contribution in [0.2, 0.25) is 0 Å². The van der Waals surface area contributed by atoms with Crippen LogP contribution in [0.15, 0.2) is 48.5 Å². The predicted molar refractivity (Wildman–Crippen MR) is 117 cm³/mol. The molecule has 0 bridgehead atoms. The number of likely N-dealkylation sites (tertiary alicyclic amines) is 1. The Hall–Kier alpha value is -3.02. The highest BCUT2D eigenvalue weighted by Crippen LogP contribution is 2.28. The highest BCUT2D eigenvalue weighted by molar-refractivity contribution is 5.89. The van der Waals surface area contributed by atoms with Gasteiger partial charge in [0.05, 0.1) is 5.92 Å². The van der Waals surface area contributed by atoms with Crippen LogP contribution in [0, 0.1) is 18.8 Å². The number of piperidine rings is 1. The first kappa shape index (κ1) is 20.3. The molecule has 0 aliphatic carbocycles. The molecule has 3 amide bonds. The second kappa shape index (κ2) is 9.20. The third-order valence-corrected chi connectivity index (χ3v) is 5.92. The number of hydrogen-bond acceptors (Lipinski definition) is 3. The summed E-state index contributed by atoms with van der Waals surface area (Å²) in [5, 5.41) is 5.81. The van der Waals surface area contributed by atoms with Gasteiger partial charge < -0.3 is 20.3 Å². The van der Waals surface area contributed by atoms with Crippen LogP contribution in [0.4, 0.5) is 10.5 Å². The van der Waals surface area contributed by atoms with Gasteiger partial charge in [-0.25, -0.2) is 4.79 Å². The van der Waals surface area contributed by atoms with Gasteiger partial charge in [-0.05, 0) is 55.9 Å². The fourth-order valence-electron chi connectivity index (χ4n) is 4.23. The third kappa shape index (κ3) is 4.93. The number of para-hydroxylation sites is 1. The van der Waals surface area contributed by atoms with E-state index in [1.54, 1.807) is 0 Å². The molecule has 0 spiro atoms. The van der Waals surface area contributed by atoms with Crippen molar-refractivity contribution in [2.45, 2.75) is 26.2 Å². The summed E-state index contributed by atoms with van der Waals surface area (Å²) in [5.41, 5.74) is 3.03. The van der Waals surface area contributed by atoms with Gasteiger partial charge in [-0.1, -0.05) is 35.9 Å². The molecule has 4 rings (SSSR count). The van der Waals surface area contributed by atoms with Crippen LogP contribution >= 0.6 is 0 Å². The summed E-state index contributed by atoms with van der Waals surface area (Å²) in [7, 11) is 0. The van der Waals surface area contributed by atoms with Gasteiger partial charge in [0.1, 0.15) is 12.4 Å². The van der Waals surface area contributed by atoms with E-state index in [1.165, 1.54) is 0 Å². The molecule has 2 unspecified atom stereocenters. The average Bonchev–Trinajstić information content (AvgIpc) is 2.78. The molecule has 2 aromatic carbocycles. The number of carbonyl (C=O) groups is 2. The van der Waals surface area contributed by atoms with Crippen LogP contribution in [0.1, 0.15) is 24.0 Å². The molecule has 1 fully saturated rings. The van der Waals surface area contributed by atoms with E-state index < -0.39 is 0 Å². The fraction of sp³-hybridized carbons (Fsp3) is 0.417. The summed E-state index contributed by atoms with van der Waals surface area (Å²) in [6.07, 6.45) is 2.70. The van der Waals surface area contributed by atoms with Gasteiger partial charge in [0.25, 0.3) is 0 Å². The molecule has 2 aromatic rings. The minimum absolute atomic E-state index is 0.128. The van der Waals surface area contributed by atoms with E-state index in [4.69, 9.17) is 4.74 Å². The van der Waals surface area contributed by atoms with Gasteiger partial charge in [-0.3, -0.25) is 4.79 Å². The van der Waals surface area contributed by atoms with E-state index in [1.807, 2.05) is 60.4 Å². The molecule has 2 heterocycles. The maximum Gasteiger partial charge on any atom is 0.319 e. The van der Waals surface area contributed by atoms with Crippen molar-refractivity contribution in [1.82, 2.24) is 10.2 Å². The Bertz CT molecular complexity index is 897. The van der Waals surface area contributed by atoms with Crippen molar-refractivity contribution in [2.24, 2.45) is 11.8 Å². The van der Waals surface area contributed by atoms with E-state index in [0.717, 1.165) is 48.4 Å². The van der Waals surface area contributed by atoms with E-state index in [9.17, 15) is 9.59 Å². The third-order valence-electron chi connectivity index (χ3n) is 5.92. The number of aryl methyl sites for hydroxylation is 1. The van der Waals surface area contributed by atoms with Gasteiger partial charge in [-0.2, -0.15) is 0 Å². The van der Waals surface area contributed by atoms with Crippen molar-refractivity contribution in [1.29, 1.82) is 0 Å². The van der Waals surface area contributed by atoms with Crippen LogP contribution in [-0.4, -0.2) is 43.1 Å². The Morgan fingerprint density at radius 3 is 2.77 bits per heavy atom. The van der Waals surface area contributed by atoms with Gasteiger partial charge in [0.2, 0.25) is 5.91 Å².